The Kier molecular flexibility index (Phi) is 6.55. The molecule has 2 N–H and O–H groups in total. The Balaban J connectivity index is 1.47. The van der Waals surface area contributed by atoms with E-state index >= 15 is 0 Å². The normalized spacial score (nSPS) is 11.3. The first-order valence-corrected chi connectivity index (χ1v) is 10.7. The highest BCUT2D eigenvalue weighted by atomic mass is 79.9. The van der Waals surface area contributed by atoms with Crippen molar-refractivity contribution in [2.75, 3.05) is 6.54 Å². The van der Waals surface area contributed by atoms with Crippen LogP contribution in [-0.2, 0) is 21.4 Å². The van der Waals surface area contributed by atoms with Crippen molar-refractivity contribution in [1.29, 1.82) is 0 Å². The SMILES string of the molecule is O=C(CCNS(=O)(=O)c1ccc(Br)cc1)NCc1ccnc(-n2ccnc2)c1. The van der Waals surface area contributed by atoms with E-state index in [0.29, 0.717) is 12.4 Å². The summed E-state index contributed by atoms with van der Waals surface area (Å²) in [6.45, 7) is 0.337. The number of benzene rings is 1. The van der Waals surface area contributed by atoms with Crippen molar-refractivity contribution in [1.82, 2.24) is 24.6 Å². The molecular weight excluding hydrogens is 446 g/mol. The van der Waals surface area contributed by atoms with E-state index in [9.17, 15) is 13.2 Å². The molecule has 0 radical (unpaired) electrons. The first kappa shape index (κ1) is 20.2. The topological polar surface area (TPSA) is 106 Å². The van der Waals surface area contributed by atoms with E-state index in [1.165, 1.54) is 12.1 Å². The van der Waals surface area contributed by atoms with Gasteiger partial charge in [-0.2, -0.15) is 0 Å². The molecule has 2 aromatic heterocycles. The number of halogens is 1. The summed E-state index contributed by atoms with van der Waals surface area (Å²) in [5.41, 5.74) is 0.877. The van der Waals surface area contributed by atoms with Crippen LogP contribution in [0, 0.1) is 0 Å². The number of imidazole rings is 1. The van der Waals surface area contributed by atoms with Crippen LogP contribution in [0.3, 0.4) is 0 Å². The van der Waals surface area contributed by atoms with Crippen molar-refractivity contribution in [2.45, 2.75) is 17.9 Å². The van der Waals surface area contributed by atoms with E-state index < -0.39 is 10.0 Å². The zero-order valence-electron chi connectivity index (χ0n) is 14.7. The van der Waals surface area contributed by atoms with Gasteiger partial charge in [-0.3, -0.25) is 9.36 Å². The molecular formula is C18H18BrN5O3S. The molecule has 146 valence electrons. The molecule has 0 fully saturated rings. The summed E-state index contributed by atoms with van der Waals surface area (Å²) in [5.74, 6) is 0.450. The number of hydrogen-bond acceptors (Lipinski definition) is 5. The lowest BCUT2D eigenvalue weighted by molar-refractivity contribution is -0.121. The van der Waals surface area contributed by atoms with Gasteiger partial charge in [-0.1, -0.05) is 15.9 Å². The number of nitrogens with one attached hydrogen (secondary N) is 2. The highest BCUT2D eigenvalue weighted by Crippen LogP contribution is 2.14. The van der Waals surface area contributed by atoms with Crippen molar-refractivity contribution in [3.63, 3.8) is 0 Å². The Morgan fingerprint density at radius 3 is 2.64 bits per heavy atom. The fraction of sp³-hybridized carbons (Fsp3) is 0.167. The molecule has 28 heavy (non-hydrogen) atoms. The van der Waals surface area contributed by atoms with E-state index in [4.69, 9.17) is 0 Å². The molecule has 1 amide bonds. The quantitative estimate of drug-likeness (QED) is 0.531. The van der Waals surface area contributed by atoms with Crippen LogP contribution in [0.4, 0.5) is 0 Å². The number of hydrogen-bond donors (Lipinski definition) is 2. The second-order valence-electron chi connectivity index (χ2n) is 5.87. The molecule has 0 atom stereocenters. The molecule has 8 nitrogen and oxygen atoms in total. The summed E-state index contributed by atoms with van der Waals surface area (Å²) in [7, 11) is -3.64. The molecule has 10 heteroatoms. The maximum atomic E-state index is 12.2. The van der Waals surface area contributed by atoms with E-state index in [1.54, 1.807) is 47.7 Å². The second-order valence-corrected chi connectivity index (χ2v) is 8.55. The summed E-state index contributed by atoms with van der Waals surface area (Å²) in [5, 5.41) is 2.77. The van der Waals surface area contributed by atoms with Gasteiger partial charge < -0.3 is 5.32 Å². The molecule has 0 saturated carbocycles. The zero-order chi connectivity index (χ0) is 20.0. The molecule has 0 unspecified atom stereocenters. The highest BCUT2D eigenvalue weighted by molar-refractivity contribution is 9.10. The van der Waals surface area contributed by atoms with Gasteiger partial charge >= 0.3 is 0 Å². The van der Waals surface area contributed by atoms with Crippen molar-refractivity contribution < 1.29 is 13.2 Å². The van der Waals surface area contributed by atoms with Crippen molar-refractivity contribution >= 4 is 31.9 Å². The molecule has 2 heterocycles. The number of amides is 1. The molecule has 0 saturated heterocycles. The molecule has 3 aromatic rings. The molecule has 0 spiro atoms. The number of carbonyl (C=O) groups excluding carboxylic acids is 1. The van der Waals surface area contributed by atoms with Gasteiger partial charge in [0.25, 0.3) is 0 Å². The minimum absolute atomic E-state index is 0.0147. The number of sulfonamides is 1. The zero-order valence-corrected chi connectivity index (χ0v) is 17.1. The predicted molar refractivity (Wildman–Crippen MR) is 107 cm³/mol. The Morgan fingerprint density at radius 2 is 1.93 bits per heavy atom. The average molecular weight is 464 g/mol. The molecule has 0 bridgehead atoms. The maximum absolute atomic E-state index is 12.2. The summed E-state index contributed by atoms with van der Waals surface area (Å²) >= 11 is 3.26. The number of rotatable bonds is 8. The largest absolute Gasteiger partial charge is 0.352 e. The smallest absolute Gasteiger partial charge is 0.240 e. The van der Waals surface area contributed by atoms with Gasteiger partial charge in [0.2, 0.25) is 15.9 Å². The molecule has 0 aliphatic carbocycles. The van der Waals surface area contributed by atoms with Crippen LogP contribution in [-0.4, -0.2) is 35.4 Å². The van der Waals surface area contributed by atoms with Gasteiger partial charge in [0.05, 0.1) is 4.90 Å². The number of nitrogens with zero attached hydrogens (tertiary/aromatic N) is 3. The Morgan fingerprint density at radius 1 is 1.14 bits per heavy atom. The fourth-order valence-electron chi connectivity index (χ4n) is 2.39. The van der Waals surface area contributed by atoms with Gasteiger partial charge in [-0.25, -0.2) is 23.1 Å². The van der Waals surface area contributed by atoms with Crippen LogP contribution in [0.1, 0.15) is 12.0 Å². The average Bonchev–Trinajstić information content (AvgIpc) is 3.22. The standard InChI is InChI=1S/C18H18BrN5O3S/c19-15-1-3-16(4-2-15)28(26,27)23-8-6-18(25)22-12-14-5-7-21-17(11-14)24-10-9-20-13-24/h1-5,7,9-11,13,23H,6,8,12H2,(H,22,25). The summed E-state index contributed by atoms with van der Waals surface area (Å²) in [6.07, 6.45) is 6.77. The molecule has 0 aliphatic rings. The minimum Gasteiger partial charge on any atom is -0.352 e. The Hall–Kier alpha value is -2.56. The summed E-state index contributed by atoms with van der Waals surface area (Å²) < 4.78 is 29.3. The first-order valence-electron chi connectivity index (χ1n) is 8.39. The van der Waals surface area contributed by atoms with E-state index in [1.807, 2.05) is 6.07 Å². The first-order chi connectivity index (χ1) is 13.4. The third-order valence-corrected chi connectivity index (χ3v) is 5.84. The van der Waals surface area contributed by atoms with E-state index in [-0.39, 0.29) is 23.8 Å². The third-order valence-electron chi connectivity index (χ3n) is 3.84. The van der Waals surface area contributed by atoms with Crippen LogP contribution in [0.15, 0.2) is 70.7 Å². The van der Waals surface area contributed by atoms with Crippen molar-refractivity contribution in [2.24, 2.45) is 0 Å². The fourth-order valence-corrected chi connectivity index (χ4v) is 3.69. The predicted octanol–water partition coefficient (Wildman–Crippen LogP) is 2.01. The van der Waals surface area contributed by atoms with Crippen molar-refractivity contribution in [3.05, 3.63) is 71.4 Å². The van der Waals surface area contributed by atoms with E-state index in [0.717, 1.165) is 10.0 Å². The lowest BCUT2D eigenvalue weighted by atomic mass is 10.2. The van der Waals surface area contributed by atoms with Crippen LogP contribution in [0.2, 0.25) is 0 Å². The van der Waals surface area contributed by atoms with E-state index in [2.05, 4.69) is 35.9 Å². The van der Waals surface area contributed by atoms with Gasteiger partial charge in [-0.15, -0.1) is 0 Å². The van der Waals surface area contributed by atoms with Crippen LogP contribution in [0.25, 0.3) is 5.82 Å². The molecule has 0 aliphatic heterocycles. The molecule has 3 rings (SSSR count). The lowest BCUT2D eigenvalue weighted by Crippen LogP contribution is -2.30. The summed E-state index contributed by atoms with van der Waals surface area (Å²) in [6, 6.07) is 9.93. The Labute approximate surface area is 171 Å². The van der Waals surface area contributed by atoms with Gasteiger partial charge in [0, 0.05) is 42.6 Å². The van der Waals surface area contributed by atoms with Crippen LogP contribution < -0.4 is 10.0 Å². The highest BCUT2D eigenvalue weighted by Gasteiger charge is 2.14. The number of carbonyl (C=O) groups is 1. The summed E-state index contributed by atoms with van der Waals surface area (Å²) in [4.78, 5) is 20.4. The van der Waals surface area contributed by atoms with Gasteiger partial charge in [-0.05, 0) is 42.0 Å². The minimum atomic E-state index is -3.64. The van der Waals surface area contributed by atoms with Gasteiger partial charge in [0.15, 0.2) is 0 Å². The van der Waals surface area contributed by atoms with Crippen LogP contribution in [0.5, 0.6) is 0 Å². The monoisotopic (exact) mass is 463 g/mol. The maximum Gasteiger partial charge on any atom is 0.240 e. The molecule has 1 aromatic carbocycles. The third kappa shape index (κ3) is 5.47. The lowest BCUT2D eigenvalue weighted by Gasteiger charge is -2.09. The van der Waals surface area contributed by atoms with Crippen LogP contribution >= 0.6 is 15.9 Å². The van der Waals surface area contributed by atoms with Crippen molar-refractivity contribution in [3.8, 4) is 5.82 Å². The van der Waals surface area contributed by atoms with Gasteiger partial charge in [0.1, 0.15) is 12.1 Å². The Bertz CT molecular complexity index is 1040. The number of pyridine rings is 1. The number of aromatic nitrogens is 3. The second kappa shape index (κ2) is 9.09.